The molecule has 0 saturated carbocycles. The van der Waals surface area contributed by atoms with Crippen LogP contribution in [0.15, 0.2) is 48.8 Å². The van der Waals surface area contributed by atoms with Crippen LogP contribution in [0.3, 0.4) is 0 Å². The van der Waals surface area contributed by atoms with Crippen molar-refractivity contribution < 1.29 is 27.8 Å². The highest BCUT2D eigenvalue weighted by molar-refractivity contribution is 6.42. The van der Waals surface area contributed by atoms with Crippen molar-refractivity contribution in [2.75, 3.05) is 13.2 Å². The molecule has 2 amide bonds. The van der Waals surface area contributed by atoms with Crippen molar-refractivity contribution >= 4 is 35.0 Å². The molecule has 11 heteroatoms. The van der Waals surface area contributed by atoms with Crippen LogP contribution in [0.1, 0.15) is 16.9 Å². The van der Waals surface area contributed by atoms with Gasteiger partial charge >= 0.3 is 6.61 Å². The van der Waals surface area contributed by atoms with E-state index in [0.717, 1.165) is 6.20 Å². The van der Waals surface area contributed by atoms with Gasteiger partial charge in [-0.05, 0) is 24.3 Å². The third kappa shape index (κ3) is 7.84. The lowest BCUT2D eigenvalue weighted by Crippen LogP contribution is -2.31. The van der Waals surface area contributed by atoms with Gasteiger partial charge < -0.3 is 20.1 Å². The summed E-state index contributed by atoms with van der Waals surface area (Å²) >= 11 is 11.7. The van der Waals surface area contributed by atoms with Crippen molar-refractivity contribution in [3.05, 3.63) is 64.5 Å². The highest BCUT2D eigenvalue weighted by Crippen LogP contribution is 2.26. The van der Waals surface area contributed by atoms with Gasteiger partial charge in [-0.3, -0.25) is 9.59 Å². The van der Waals surface area contributed by atoms with Gasteiger partial charge in [0.25, 0.3) is 11.8 Å². The third-order valence-electron chi connectivity index (χ3n) is 3.49. The molecule has 160 valence electrons. The number of nitrogens with one attached hydrogen (secondary N) is 2. The highest BCUT2D eigenvalue weighted by atomic mass is 35.5. The number of aromatic nitrogens is 1. The van der Waals surface area contributed by atoms with E-state index in [1.54, 1.807) is 12.1 Å². The second kappa shape index (κ2) is 11.3. The molecule has 1 aromatic heterocycles. The third-order valence-corrected chi connectivity index (χ3v) is 4.23. The number of alkyl halides is 2. The molecule has 0 saturated heterocycles. The topological polar surface area (TPSA) is 89.6 Å². The van der Waals surface area contributed by atoms with Crippen LogP contribution in [0.2, 0.25) is 10.0 Å². The van der Waals surface area contributed by atoms with E-state index in [9.17, 15) is 18.4 Å². The van der Waals surface area contributed by atoms with E-state index in [2.05, 4.69) is 26.9 Å². The first-order valence-electron chi connectivity index (χ1n) is 8.49. The summed E-state index contributed by atoms with van der Waals surface area (Å²) in [5.41, 5.74) is 0.331. The lowest BCUT2D eigenvalue weighted by molar-refractivity contribution is -0.123. The number of hydrogen-bond donors (Lipinski definition) is 2. The number of rotatable bonds is 10. The molecule has 0 aliphatic heterocycles. The summed E-state index contributed by atoms with van der Waals surface area (Å²) in [6.45, 7) is 0.693. The first kappa shape index (κ1) is 23.4. The second-order valence-corrected chi connectivity index (χ2v) is 6.59. The summed E-state index contributed by atoms with van der Waals surface area (Å²) in [7, 11) is 0. The summed E-state index contributed by atoms with van der Waals surface area (Å²) in [6, 6.07) is 7.07. The molecule has 0 fully saturated rings. The van der Waals surface area contributed by atoms with Crippen LogP contribution < -0.4 is 20.1 Å². The van der Waals surface area contributed by atoms with Crippen molar-refractivity contribution in [3.63, 3.8) is 0 Å². The summed E-state index contributed by atoms with van der Waals surface area (Å²) < 4.78 is 33.7. The summed E-state index contributed by atoms with van der Waals surface area (Å²) in [4.78, 5) is 27.6. The molecule has 1 aromatic carbocycles. The molecule has 2 N–H and O–H groups in total. The van der Waals surface area contributed by atoms with Gasteiger partial charge in [-0.2, -0.15) is 8.78 Å². The Balaban J connectivity index is 1.69. The molecule has 1 heterocycles. The maximum absolute atomic E-state index is 12.1. The summed E-state index contributed by atoms with van der Waals surface area (Å²) in [5, 5.41) is 5.80. The summed E-state index contributed by atoms with van der Waals surface area (Å²) in [5.74, 6) is -0.714. The van der Waals surface area contributed by atoms with E-state index in [0.29, 0.717) is 21.5 Å². The van der Waals surface area contributed by atoms with Crippen LogP contribution in [0, 0.1) is 0 Å². The lowest BCUT2D eigenvalue weighted by Gasteiger charge is -2.10. The molecular formula is C19H17Cl2F2N3O4. The Labute approximate surface area is 181 Å². The Morgan fingerprint density at radius 3 is 2.50 bits per heavy atom. The minimum absolute atomic E-state index is 0.00294. The van der Waals surface area contributed by atoms with Gasteiger partial charge in [0.15, 0.2) is 6.61 Å². The monoisotopic (exact) mass is 459 g/mol. The molecule has 2 aromatic rings. The fraction of sp³-hybridized carbons (Fsp3) is 0.211. The smallest absolute Gasteiger partial charge is 0.387 e. The number of halogens is 4. The normalized spacial score (nSPS) is 10.4. The van der Waals surface area contributed by atoms with E-state index in [1.165, 1.54) is 18.2 Å². The molecular weight excluding hydrogens is 443 g/mol. The van der Waals surface area contributed by atoms with Crippen LogP contribution in [0.4, 0.5) is 8.78 Å². The number of hydrogen-bond acceptors (Lipinski definition) is 5. The van der Waals surface area contributed by atoms with Gasteiger partial charge in [0.1, 0.15) is 17.2 Å². The number of benzene rings is 1. The van der Waals surface area contributed by atoms with Crippen molar-refractivity contribution in [2.45, 2.75) is 13.0 Å². The van der Waals surface area contributed by atoms with Gasteiger partial charge in [0.2, 0.25) is 0 Å². The minimum Gasteiger partial charge on any atom is -0.484 e. The molecule has 30 heavy (non-hydrogen) atoms. The zero-order chi connectivity index (χ0) is 22.1. The van der Waals surface area contributed by atoms with Crippen LogP contribution in [-0.2, 0) is 4.79 Å². The number of pyridine rings is 1. The Morgan fingerprint density at radius 1 is 1.13 bits per heavy atom. The number of amides is 2. The van der Waals surface area contributed by atoms with E-state index in [-0.39, 0.29) is 36.9 Å². The fourth-order valence-corrected chi connectivity index (χ4v) is 2.38. The minimum atomic E-state index is -2.98. The molecule has 0 spiro atoms. The SMILES string of the molecule is C=C(CCNC(=O)COc1ccc(Cl)c(Cl)c1)NC(=O)c1ccc(OC(F)F)cn1. The Bertz CT molecular complexity index is 911. The van der Waals surface area contributed by atoms with Gasteiger partial charge in [0, 0.05) is 24.7 Å². The Morgan fingerprint density at radius 2 is 1.87 bits per heavy atom. The predicted molar refractivity (Wildman–Crippen MR) is 107 cm³/mol. The molecule has 0 bridgehead atoms. The van der Waals surface area contributed by atoms with Crippen LogP contribution in [-0.4, -0.2) is 36.6 Å². The first-order chi connectivity index (χ1) is 14.2. The van der Waals surface area contributed by atoms with E-state index in [4.69, 9.17) is 27.9 Å². The van der Waals surface area contributed by atoms with Crippen molar-refractivity contribution in [2.24, 2.45) is 0 Å². The van der Waals surface area contributed by atoms with Gasteiger partial charge in [-0.25, -0.2) is 4.98 Å². The molecule has 7 nitrogen and oxygen atoms in total. The number of ether oxygens (including phenoxy) is 2. The van der Waals surface area contributed by atoms with Gasteiger partial charge in [0.05, 0.1) is 16.2 Å². The summed E-state index contributed by atoms with van der Waals surface area (Å²) in [6.07, 6.45) is 1.27. The quantitative estimate of drug-likeness (QED) is 0.563. The van der Waals surface area contributed by atoms with Crippen molar-refractivity contribution in [3.8, 4) is 11.5 Å². The number of carbonyl (C=O) groups excluding carboxylic acids is 2. The highest BCUT2D eigenvalue weighted by Gasteiger charge is 2.11. The van der Waals surface area contributed by atoms with E-state index < -0.39 is 12.5 Å². The maximum Gasteiger partial charge on any atom is 0.387 e. The molecule has 2 rings (SSSR count). The molecule has 0 unspecified atom stereocenters. The van der Waals surface area contributed by atoms with Crippen molar-refractivity contribution in [1.29, 1.82) is 0 Å². The van der Waals surface area contributed by atoms with E-state index >= 15 is 0 Å². The fourth-order valence-electron chi connectivity index (χ4n) is 2.09. The number of carbonyl (C=O) groups is 2. The predicted octanol–water partition coefficient (Wildman–Crippen LogP) is 3.82. The van der Waals surface area contributed by atoms with Gasteiger partial charge in [-0.1, -0.05) is 29.8 Å². The van der Waals surface area contributed by atoms with Gasteiger partial charge in [-0.15, -0.1) is 0 Å². The van der Waals surface area contributed by atoms with E-state index in [1.807, 2.05) is 0 Å². The largest absolute Gasteiger partial charge is 0.484 e. The second-order valence-electron chi connectivity index (χ2n) is 5.78. The average Bonchev–Trinajstić information content (AvgIpc) is 2.69. The molecule has 0 radical (unpaired) electrons. The van der Waals surface area contributed by atoms with Crippen LogP contribution >= 0.6 is 23.2 Å². The number of nitrogens with zero attached hydrogens (tertiary/aromatic N) is 1. The molecule has 0 atom stereocenters. The first-order valence-corrected chi connectivity index (χ1v) is 9.24. The van der Waals surface area contributed by atoms with Crippen LogP contribution in [0.25, 0.3) is 0 Å². The van der Waals surface area contributed by atoms with Crippen molar-refractivity contribution in [1.82, 2.24) is 15.6 Å². The Kier molecular flexibility index (Phi) is 8.82. The zero-order valence-electron chi connectivity index (χ0n) is 15.5. The molecule has 0 aliphatic carbocycles. The molecule has 0 aliphatic rings. The zero-order valence-corrected chi connectivity index (χ0v) is 17.0. The standard InChI is InChI=1S/C19H17Cl2F2N3O4/c1-11(26-18(28)16-5-3-13(9-25-16)30-19(22)23)6-7-24-17(27)10-29-12-2-4-14(20)15(21)8-12/h2-5,8-9,19H,1,6-7,10H2,(H,24,27)(H,26,28). The van der Waals surface area contributed by atoms with Crippen LogP contribution in [0.5, 0.6) is 11.5 Å². The lowest BCUT2D eigenvalue weighted by atomic mass is 10.3. The maximum atomic E-state index is 12.1. The average molecular weight is 460 g/mol. The Hall–Kier alpha value is -2.91.